The summed E-state index contributed by atoms with van der Waals surface area (Å²) < 4.78 is 4.89. The van der Waals surface area contributed by atoms with Gasteiger partial charge in [0.05, 0.1) is 13.2 Å². The fourth-order valence-corrected chi connectivity index (χ4v) is 2.26. The van der Waals surface area contributed by atoms with Crippen molar-refractivity contribution in [2.75, 3.05) is 13.2 Å². The molecule has 6 heteroatoms. The van der Waals surface area contributed by atoms with E-state index in [0.29, 0.717) is 12.6 Å². The van der Waals surface area contributed by atoms with Gasteiger partial charge in [0.1, 0.15) is 6.17 Å². The minimum Gasteiger partial charge on any atom is -0.465 e. The lowest BCUT2D eigenvalue weighted by molar-refractivity contribution is -0.142. The maximum atomic E-state index is 11.4. The monoisotopic (exact) mass is 302 g/mol. The number of guanidine groups is 1. The van der Waals surface area contributed by atoms with Gasteiger partial charge in [0.25, 0.3) is 0 Å². The average Bonchev–Trinajstić information content (AvgIpc) is 2.48. The van der Waals surface area contributed by atoms with Crippen LogP contribution >= 0.6 is 0 Å². The van der Waals surface area contributed by atoms with Crippen LogP contribution in [0, 0.1) is 13.8 Å². The van der Waals surface area contributed by atoms with E-state index >= 15 is 0 Å². The fraction of sp³-hybridized carbons (Fsp3) is 0.375. The van der Waals surface area contributed by atoms with E-state index in [1.807, 2.05) is 18.2 Å². The number of benzene rings is 1. The third kappa shape index (κ3) is 3.85. The molecule has 1 aromatic carbocycles. The molecular formula is C16H22N4O2. The van der Waals surface area contributed by atoms with Gasteiger partial charge in [0, 0.05) is 11.3 Å². The van der Waals surface area contributed by atoms with Gasteiger partial charge in [-0.1, -0.05) is 18.2 Å². The zero-order chi connectivity index (χ0) is 16.1. The van der Waals surface area contributed by atoms with Gasteiger partial charge in [-0.05, 0) is 38.0 Å². The first kappa shape index (κ1) is 16.0. The number of hydrogen-bond donors (Lipinski definition) is 3. The van der Waals surface area contributed by atoms with E-state index in [4.69, 9.17) is 10.5 Å². The summed E-state index contributed by atoms with van der Waals surface area (Å²) in [7, 11) is 0. The van der Waals surface area contributed by atoms with Gasteiger partial charge in [0.15, 0.2) is 5.96 Å². The van der Waals surface area contributed by atoms with Gasteiger partial charge in [-0.25, -0.2) is 4.99 Å². The Hall–Kier alpha value is -2.34. The van der Waals surface area contributed by atoms with Crippen LogP contribution in [-0.2, 0) is 9.53 Å². The molecule has 0 radical (unpaired) electrons. The maximum absolute atomic E-state index is 11.4. The summed E-state index contributed by atoms with van der Waals surface area (Å²) in [5.41, 5.74) is 10.2. The highest BCUT2D eigenvalue weighted by Crippen LogP contribution is 2.21. The molecule has 0 bridgehead atoms. The Kier molecular flexibility index (Phi) is 5.16. The Morgan fingerprint density at radius 3 is 2.95 bits per heavy atom. The Labute approximate surface area is 130 Å². The summed E-state index contributed by atoms with van der Waals surface area (Å²) in [5, 5.41) is 6.09. The van der Waals surface area contributed by atoms with Crippen LogP contribution in [0.15, 0.2) is 29.3 Å². The molecule has 6 nitrogen and oxygen atoms in total. The lowest BCUT2D eigenvalue weighted by atomic mass is 10.00. The van der Waals surface area contributed by atoms with Gasteiger partial charge in [0.2, 0.25) is 0 Å². The van der Waals surface area contributed by atoms with E-state index in [-0.39, 0.29) is 18.7 Å². The van der Waals surface area contributed by atoms with Gasteiger partial charge in [-0.2, -0.15) is 0 Å². The number of carbonyl (C=O) groups is 1. The van der Waals surface area contributed by atoms with E-state index in [1.165, 1.54) is 11.1 Å². The molecule has 0 fully saturated rings. The van der Waals surface area contributed by atoms with Crippen molar-refractivity contribution in [3.05, 3.63) is 41.0 Å². The van der Waals surface area contributed by atoms with Gasteiger partial charge in [-0.3, -0.25) is 10.1 Å². The number of carbonyl (C=O) groups excluding carboxylic acids is 1. The van der Waals surface area contributed by atoms with Crippen LogP contribution in [0.4, 0.5) is 0 Å². The predicted molar refractivity (Wildman–Crippen MR) is 87.1 cm³/mol. The molecule has 0 saturated heterocycles. The molecule has 1 atom stereocenters. The van der Waals surface area contributed by atoms with Crippen molar-refractivity contribution in [3.63, 3.8) is 0 Å². The molecule has 2 rings (SSSR count). The number of nitrogens with zero attached hydrogens (tertiary/aromatic N) is 1. The normalized spacial score (nSPS) is 17.3. The van der Waals surface area contributed by atoms with Crippen molar-refractivity contribution in [2.45, 2.75) is 26.9 Å². The van der Waals surface area contributed by atoms with Crippen LogP contribution in [0.5, 0.6) is 0 Å². The van der Waals surface area contributed by atoms with Gasteiger partial charge in [-0.15, -0.1) is 0 Å². The van der Waals surface area contributed by atoms with E-state index in [9.17, 15) is 4.79 Å². The summed E-state index contributed by atoms with van der Waals surface area (Å²) in [6.45, 7) is 6.36. The summed E-state index contributed by atoms with van der Waals surface area (Å²) in [6, 6.07) is 6.10. The zero-order valence-corrected chi connectivity index (χ0v) is 13.1. The van der Waals surface area contributed by atoms with Crippen LogP contribution in [0.1, 0.15) is 23.6 Å². The Morgan fingerprint density at radius 2 is 2.23 bits per heavy atom. The molecule has 0 spiro atoms. The molecular weight excluding hydrogens is 280 g/mol. The SMILES string of the molecule is CCOC(=O)CNC1C=C(c2cccc(C)c2C)NC(N)=N1. The first-order valence-corrected chi connectivity index (χ1v) is 7.29. The lowest BCUT2D eigenvalue weighted by Crippen LogP contribution is -2.41. The molecule has 1 aliphatic rings. The van der Waals surface area contributed by atoms with Crippen LogP contribution in [0.25, 0.3) is 5.70 Å². The average molecular weight is 302 g/mol. The van der Waals surface area contributed by atoms with Crippen molar-refractivity contribution >= 4 is 17.6 Å². The van der Waals surface area contributed by atoms with Gasteiger partial charge < -0.3 is 15.8 Å². The molecule has 4 N–H and O–H groups in total. The number of ether oxygens (including phenoxy) is 1. The van der Waals surface area contributed by atoms with Crippen LogP contribution < -0.4 is 16.4 Å². The van der Waals surface area contributed by atoms with Crippen LogP contribution in [0.2, 0.25) is 0 Å². The van der Waals surface area contributed by atoms with E-state index in [2.05, 4.69) is 35.5 Å². The zero-order valence-electron chi connectivity index (χ0n) is 13.1. The molecule has 1 heterocycles. The number of hydrogen-bond acceptors (Lipinski definition) is 6. The summed E-state index contributed by atoms with van der Waals surface area (Å²) in [5.74, 6) is 0.0104. The van der Waals surface area contributed by atoms with Crippen molar-refractivity contribution in [3.8, 4) is 0 Å². The number of nitrogens with two attached hydrogens (primary N) is 1. The highest BCUT2D eigenvalue weighted by Gasteiger charge is 2.17. The number of aliphatic imine (C=N–C) groups is 1. The standard InChI is InChI=1S/C16H22N4O2/c1-4-22-15(21)9-18-14-8-13(19-16(17)20-14)12-7-5-6-10(2)11(12)3/h5-8,14,18H,4,9H2,1-3H3,(H3,17,19,20). The third-order valence-corrected chi connectivity index (χ3v) is 3.52. The topological polar surface area (TPSA) is 88.7 Å². The smallest absolute Gasteiger partial charge is 0.319 e. The molecule has 0 amide bonds. The maximum Gasteiger partial charge on any atom is 0.319 e. The molecule has 0 saturated carbocycles. The number of esters is 1. The highest BCUT2D eigenvalue weighted by atomic mass is 16.5. The molecule has 118 valence electrons. The molecule has 22 heavy (non-hydrogen) atoms. The minimum absolute atomic E-state index is 0.0892. The van der Waals surface area contributed by atoms with Crippen LogP contribution in [0.3, 0.4) is 0 Å². The summed E-state index contributed by atoms with van der Waals surface area (Å²) in [4.78, 5) is 15.6. The first-order valence-electron chi connectivity index (χ1n) is 7.29. The first-order chi connectivity index (χ1) is 10.5. The van der Waals surface area contributed by atoms with E-state index in [0.717, 1.165) is 11.3 Å². The largest absolute Gasteiger partial charge is 0.465 e. The number of nitrogens with one attached hydrogen (secondary N) is 2. The van der Waals surface area contributed by atoms with E-state index < -0.39 is 0 Å². The molecule has 1 unspecified atom stereocenters. The van der Waals surface area contributed by atoms with Gasteiger partial charge >= 0.3 is 5.97 Å². The van der Waals surface area contributed by atoms with E-state index in [1.54, 1.807) is 6.92 Å². The number of aryl methyl sites for hydroxylation is 1. The third-order valence-electron chi connectivity index (χ3n) is 3.52. The number of rotatable bonds is 5. The Balaban J connectivity index is 2.15. The Morgan fingerprint density at radius 1 is 1.45 bits per heavy atom. The molecule has 1 aliphatic heterocycles. The lowest BCUT2D eigenvalue weighted by Gasteiger charge is -2.22. The summed E-state index contributed by atoms with van der Waals surface area (Å²) >= 11 is 0. The van der Waals surface area contributed by atoms with Crippen molar-refractivity contribution in [2.24, 2.45) is 10.7 Å². The summed E-state index contributed by atoms with van der Waals surface area (Å²) in [6.07, 6.45) is 1.55. The second kappa shape index (κ2) is 7.09. The second-order valence-corrected chi connectivity index (χ2v) is 5.10. The predicted octanol–water partition coefficient (Wildman–Crippen LogP) is 1.04. The quantitative estimate of drug-likeness (QED) is 0.707. The van der Waals surface area contributed by atoms with Crippen molar-refractivity contribution < 1.29 is 9.53 Å². The second-order valence-electron chi connectivity index (χ2n) is 5.10. The minimum atomic E-state index is -0.361. The Bertz CT molecular complexity index is 623. The van der Waals surface area contributed by atoms with Crippen molar-refractivity contribution in [1.82, 2.24) is 10.6 Å². The fourth-order valence-electron chi connectivity index (χ4n) is 2.26. The van der Waals surface area contributed by atoms with Crippen molar-refractivity contribution in [1.29, 1.82) is 0 Å². The highest BCUT2D eigenvalue weighted by molar-refractivity contribution is 5.90. The van der Waals surface area contributed by atoms with Crippen LogP contribution in [-0.4, -0.2) is 31.2 Å². The molecule has 0 aliphatic carbocycles. The molecule has 1 aromatic rings. The molecule has 0 aromatic heterocycles.